The van der Waals surface area contributed by atoms with E-state index in [9.17, 15) is 17.6 Å². The molecule has 0 saturated heterocycles. The first kappa shape index (κ1) is 14.9. The molecule has 1 aromatic carbocycles. The molecule has 1 rings (SSSR count). The van der Waals surface area contributed by atoms with Crippen LogP contribution in [0.2, 0.25) is 0 Å². The van der Waals surface area contributed by atoms with Gasteiger partial charge in [-0.3, -0.25) is 0 Å². The van der Waals surface area contributed by atoms with Gasteiger partial charge in [0.1, 0.15) is 18.2 Å². The highest BCUT2D eigenvalue weighted by Crippen LogP contribution is 2.21. The lowest BCUT2D eigenvalue weighted by Gasteiger charge is -2.14. The summed E-state index contributed by atoms with van der Waals surface area (Å²) in [6.45, 7) is 0.831. The van der Waals surface area contributed by atoms with Gasteiger partial charge in [0.05, 0.1) is 0 Å². The number of rotatable bonds is 6. The molecule has 0 aliphatic carbocycles. The van der Waals surface area contributed by atoms with Crippen LogP contribution in [0.5, 0.6) is 0 Å². The van der Waals surface area contributed by atoms with Crippen LogP contribution in [0, 0.1) is 18.6 Å². The van der Waals surface area contributed by atoms with Crippen LogP contribution >= 0.6 is 0 Å². The molecule has 1 atom stereocenters. The molecule has 0 saturated carbocycles. The van der Waals surface area contributed by atoms with Crippen molar-refractivity contribution in [2.45, 2.75) is 25.8 Å². The molecule has 18 heavy (non-hydrogen) atoms. The van der Waals surface area contributed by atoms with Crippen LogP contribution in [0.25, 0.3) is 0 Å². The van der Waals surface area contributed by atoms with Gasteiger partial charge in [-0.15, -0.1) is 0 Å². The summed E-state index contributed by atoms with van der Waals surface area (Å²) in [6.07, 6.45) is -2.35. The molecule has 0 bridgehead atoms. The van der Waals surface area contributed by atoms with Gasteiger partial charge in [-0.2, -0.15) is 0 Å². The summed E-state index contributed by atoms with van der Waals surface area (Å²) in [5.74, 6) is -1.38. The van der Waals surface area contributed by atoms with Gasteiger partial charge in [0.15, 0.2) is 0 Å². The van der Waals surface area contributed by atoms with E-state index < -0.39 is 30.7 Å². The summed E-state index contributed by atoms with van der Waals surface area (Å²) in [5, 5.41) is 0. The average Bonchev–Trinajstić information content (AvgIpc) is 2.28. The van der Waals surface area contributed by atoms with Gasteiger partial charge in [-0.05, 0) is 25.0 Å². The highest BCUT2D eigenvalue weighted by atomic mass is 19.3. The Kier molecular flexibility index (Phi) is 5.55. The summed E-state index contributed by atoms with van der Waals surface area (Å²) >= 11 is 0. The normalized spacial score (nSPS) is 13.1. The van der Waals surface area contributed by atoms with Crippen LogP contribution in [0.3, 0.4) is 0 Å². The first-order valence-corrected chi connectivity index (χ1v) is 5.48. The molecule has 0 aromatic heterocycles. The number of halogens is 4. The van der Waals surface area contributed by atoms with E-state index in [4.69, 9.17) is 5.73 Å². The fraction of sp³-hybridized carbons (Fsp3) is 0.500. The fourth-order valence-corrected chi connectivity index (χ4v) is 1.50. The topological polar surface area (TPSA) is 35.2 Å². The molecule has 0 aliphatic rings. The number of hydrogen-bond acceptors (Lipinski definition) is 2. The number of alkyl halides is 2. The van der Waals surface area contributed by atoms with E-state index in [0.29, 0.717) is 0 Å². The Hall–Kier alpha value is -1.14. The molecular weight excluding hydrogens is 250 g/mol. The lowest BCUT2D eigenvalue weighted by atomic mass is 10.0. The van der Waals surface area contributed by atoms with E-state index in [2.05, 4.69) is 4.74 Å². The minimum absolute atomic E-state index is 0.00136. The Morgan fingerprint density at radius 2 is 1.89 bits per heavy atom. The van der Waals surface area contributed by atoms with Crippen LogP contribution in [0.4, 0.5) is 17.6 Å². The van der Waals surface area contributed by atoms with Crippen molar-refractivity contribution < 1.29 is 22.3 Å². The monoisotopic (exact) mass is 265 g/mol. The summed E-state index contributed by atoms with van der Waals surface area (Å²) in [7, 11) is 0. The van der Waals surface area contributed by atoms with Crippen molar-refractivity contribution in [3.8, 4) is 0 Å². The quantitative estimate of drug-likeness (QED) is 0.634. The molecule has 1 unspecified atom stereocenters. The molecule has 1 aromatic rings. The molecule has 2 nitrogen and oxygen atoms in total. The Balaban J connectivity index is 2.56. The first-order chi connectivity index (χ1) is 8.41. The van der Waals surface area contributed by atoms with Gasteiger partial charge in [0.2, 0.25) is 0 Å². The predicted octanol–water partition coefficient (Wildman–Crippen LogP) is 2.94. The molecule has 0 heterocycles. The second-order valence-corrected chi connectivity index (χ2v) is 3.98. The molecule has 0 spiro atoms. The largest absolute Gasteiger partial charge is 0.375 e. The van der Waals surface area contributed by atoms with Gasteiger partial charge < -0.3 is 10.5 Å². The highest BCUT2D eigenvalue weighted by Gasteiger charge is 2.14. The van der Waals surface area contributed by atoms with Crippen molar-refractivity contribution in [1.82, 2.24) is 0 Å². The SMILES string of the molecule is Cc1cc(C(N)CCOCC(F)F)c(F)cc1F. The van der Waals surface area contributed by atoms with Crippen molar-refractivity contribution in [3.05, 3.63) is 34.9 Å². The highest BCUT2D eigenvalue weighted by molar-refractivity contribution is 5.27. The standard InChI is InChI=1S/C12H15F4NO/c1-7-4-8(10(14)5-9(7)13)11(17)2-3-18-6-12(15)16/h4-5,11-12H,2-3,6,17H2,1H3. The van der Waals surface area contributed by atoms with Crippen molar-refractivity contribution in [2.75, 3.05) is 13.2 Å². The van der Waals surface area contributed by atoms with Crippen molar-refractivity contribution in [1.29, 1.82) is 0 Å². The smallest absolute Gasteiger partial charge is 0.261 e. The number of hydrogen-bond donors (Lipinski definition) is 1. The predicted molar refractivity (Wildman–Crippen MR) is 59.5 cm³/mol. The number of benzene rings is 1. The van der Waals surface area contributed by atoms with Gasteiger partial charge in [0.25, 0.3) is 6.43 Å². The van der Waals surface area contributed by atoms with Crippen molar-refractivity contribution in [3.63, 3.8) is 0 Å². The zero-order chi connectivity index (χ0) is 13.7. The van der Waals surface area contributed by atoms with Gasteiger partial charge in [0, 0.05) is 24.3 Å². The maximum atomic E-state index is 13.4. The zero-order valence-corrected chi connectivity index (χ0v) is 9.93. The molecule has 2 N–H and O–H groups in total. The Labute approximate surface area is 103 Å². The van der Waals surface area contributed by atoms with Crippen LogP contribution in [-0.4, -0.2) is 19.6 Å². The van der Waals surface area contributed by atoms with Crippen LogP contribution in [0.15, 0.2) is 12.1 Å². The third-order valence-corrected chi connectivity index (χ3v) is 2.49. The molecule has 0 radical (unpaired) electrons. The van der Waals surface area contributed by atoms with Gasteiger partial charge in [-0.1, -0.05) is 0 Å². The van der Waals surface area contributed by atoms with Gasteiger partial charge >= 0.3 is 0 Å². The zero-order valence-electron chi connectivity index (χ0n) is 9.93. The van der Waals surface area contributed by atoms with E-state index >= 15 is 0 Å². The third-order valence-electron chi connectivity index (χ3n) is 2.49. The van der Waals surface area contributed by atoms with Crippen LogP contribution in [-0.2, 0) is 4.74 Å². The van der Waals surface area contributed by atoms with Crippen molar-refractivity contribution in [2.24, 2.45) is 5.73 Å². The van der Waals surface area contributed by atoms with E-state index in [1.807, 2.05) is 0 Å². The Morgan fingerprint density at radius 3 is 2.50 bits per heavy atom. The molecular formula is C12H15F4NO. The molecule has 102 valence electrons. The van der Waals surface area contributed by atoms with Gasteiger partial charge in [-0.25, -0.2) is 17.6 Å². The summed E-state index contributed by atoms with van der Waals surface area (Å²) < 4.78 is 54.7. The summed E-state index contributed by atoms with van der Waals surface area (Å²) in [5.41, 5.74) is 6.15. The molecule has 0 fully saturated rings. The second kappa shape index (κ2) is 6.70. The Morgan fingerprint density at radius 1 is 1.22 bits per heavy atom. The fourth-order valence-electron chi connectivity index (χ4n) is 1.50. The number of aryl methyl sites for hydroxylation is 1. The maximum absolute atomic E-state index is 13.4. The molecule has 0 amide bonds. The Bertz CT molecular complexity index is 398. The second-order valence-electron chi connectivity index (χ2n) is 3.98. The third kappa shape index (κ3) is 4.27. The van der Waals surface area contributed by atoms with E-state index in [1.54, 1.807) is 0 Å². The maximum Gasteiger partial charge on any atom is 0.261 e. The van der Waals surface area contributed by atoms with E-state index in [1.165, 1.54) is 13.0 Å². The minimum Gasteiger partial charge on any atom is -0.375 e. The lowest BCUT2D eigenvalue weighted by molar-refractivity contribution is 0.0151. The average molecular weight is 265 g/mol. The number of nitrogens with two attached hydrogens (primary N) is 1. The van der Waals surface area contributed by atoms with Crippen molar-refractivity contribution >= 4 is 0 Å². The van der Waals surface area contributed by atoms with Crippen LogP contribution < -0.4 is 5.73 Å². The number of ether oxygens (including phenoxy) is 1. The molecule has 6 heteroatoms. The van der Waals surface area contributed by atoms with E-state index in [0.717, 1.165) is 6.07 Å². The molecule has 0 aliphatic heterocycles. The summed E-state index contributed by atoms with van der Waals surface area (Å²) in [6, 6.07) is 1.38. The minimum atomic E-state index is -2.54. The van der Waals surface area contributed by atoms with E-state index in [-0.39, 0.29) is 24.2 Å². The van der Waals surface area contributed by atoms with Crippen LogP contribution in [0.1, 0.15) is 23.6 Å². The lowest BCUT2D eigenvalue weighted by Crippen LogP contribution is -2.16. The first-order valence-electron chi connectivity index (χ1n) is 5.48. The summed E-state index contributed by atoms with van der Waals surface area (Å²) in [4.78, 5) is 0.